The Hall–Kier alpha value is -2.44. The van der Waals surface area contributed by atoms with Crippen LogP contribution in [0.5, 0.6) is 0 Å². The first-order valence-electron chi connectivity index (χ1n) is 10.1. The number of nitrogens with two attached hydrogens (primary N) is 2. The van der Waals surface area contributed by atoms with E-state index in [1.165, 1.54) is 5.56 Å². The number of aromatic nitrogens is 1. The van der Waals surface area contributed by atoms with Gasteiger partial charge in [0, 0.05) is 35.6 Å². The average Bonchev–Trinajstić information content (AvgIpc) is 3.12. The fraction of sp³-hybridized carbons (Fsp3) is 0.391. The van der Waals surface area contributed by atoms with Crippen molar-refractivity contribution in [2.45, 2.75) is 45.1 Å². The number of piperidine rings is 1. The molecule has 152 valence electrons. The first kappa shape index (κ1) is 19.9. The van der Waals surface area contributed by atoms with Crippen molar-refractivity contribution in [3.8, 4) is 10.4 Å². The largest absolute Gasteiger partial charge is 0.366 e. The topological polar surface area (TPSA) is 85.2 Å². The Bertz CT molecular complexity index is 1040. The number of benzene rings is 1. The number of primary amides is 1. The number of amides is 1. The van der Waals surface area contributed by atoms with E-state index in [1.807, 2.05) is 0 Å². The van der Waals surface area contributed by atoms with Crippen molar-refractivity contribution in [2.75, 3.05) is 18.0 Å². The summed E-state index contributed by atoms with van der Waals surface area (Å²) in [5.74, 6) is 0.483. The second-order valence-corrected chi connectivity index (χ2v) is 9.92. The molecule has 2 aromatic heterocycles. The maximum absolute atomic E-state index is 12.0. The molecular formula is C23H28N4OS. The Balaban J connectivity index is 1.79. The lowest BCUT2D eigenvalue weighted by atomic mass is 9.86. The molecule has 4 N–H and O–H groups in total. The fourth-order valence-electron chi connectivity index (χ4n) is 3.83. The highest BCUT2D eigenvalue weighted by molar-refractivity contribution is 7.22. The van der Waals surface area contributed by atoms with Crippen molar-refractivity contribution in [1.82, 2.24) is 4.98 Å². The number of carbonyl (C=O) groups excluding carboxylic acids is 1. The van der Waals surface area contributed by atoms with Gasteiger partial charge < -0.3 is 16.4 Å². The number of anilines is 1. The van der Waals surface area contributed by atoms with Gasteiger partial charge in [-0.05, 0) is 35.4 Å². The number of nitrogens with zero attached hydrogens (tertiary/aromatic N) is 2. The Morgan fingerprint density at radius 1 is 1.17 bits per heavy atom. The summed E-state index contributed by atoms with van der Waals surface area (Å²) in [5, 5.41) is 0.997. The van der Waals surface area contributed by atoms with Gasteiger partial charge in [-0.3, -0.25) is 4.79 Å². The SMILES string of the molecule is CC(C)(C)c1ccc(-c2cc3c(N4CCC(N)CC4)ncc(C(N)=O)c3s2)cc1. The third-order valence-corrected chi connectivity index (χ3v) is 6.89. The maximum Gasteiger partial charge on any atom is 0.251 e. The molecule has 1 aliphatic rings. The van der Waals surface area contributed by atoms with Crippen LogP contribution in [0, 0.1) is 0 Å². The zero-order valence-electron chi connectivity index (χ0n) is 17.2. The molecule has 1 fully saturated rings. The van der Waals surface area contributed by atoms with Gasteiger partial charge in [-0.1, -0.05) is 45.0 Å². The van der Waals surface area contributed by atoms with Gasteiger partial charge in [0.25, 0.3) is 5.91 Å². The Morgan fingerprint density at radius 2 is 1.83 bits per heavy atom. The Kier molecular flexibility index (Phi) is 5.09. The van der Waals surface area contributed by atoms with E-state index >= 15 is 0 Å². The number of thiophene rings is 1. The molecule has 0 saturated carbocycles. The molecule has 0 bridgehead atoms. The highest BCUT2D eigenvalue weighted by Crippen LogP contribution is 2.40. The van der Waals surface area contributed by atoms with Crippen molar-refractivity contribution in [3.63, 3.8) is 0 Å². The van der Waals surface area contributed by atoms with Crippen molar-refractivity contribution in [3.05, 3.63) is 47.7 Å². The summed E-state index contributed by atoms with van der Waals surface area (Å²) < 4.78 is 0.910. The van der Waals surface area contributed by atoms with E-state index in [4.69, 9.17) is 11.5 Å². The summed E-state index contributed by atoms with van der Waals surface area (Å²) in [4.78, 5) is 20.0. The number of pyridine rings is 1. The summed E-state index contributed by atoms with van der Waals surface area (Å²) in [5.41, 5.74) is 14.7. The number of carbonyl (C=O) groups is 1. The molecule has 0 aliphatic carbocycles. The Morgan fingerprint density at radius 3 is 2.41 bits per heavy atom. The molecule has 1 saturated heterocycles. The summed E-state index contributed by atoms with van der Waals surface area (Å²) in [6.45, 7) is 8.39. The minimum Gasteiger partial charge on any atom is -0.366 e. The summed E-state index contributed by atoms with van der Waals surface area (Å²) >= 11 is 1.61. The van der Waals surface area contributed by atoms with Gasteiger partial charge in [0.05, 0.1) is 10.3 Å². The third kappa shape index (κ3) is 3.87. The molecule has 1 amide bonds. The van der Waals surface area contributed by atoms with Gasteiger partial charge in [-0.25, -0.2) is 4.98 Å². The predicted octanol–water partition coefficient (Wildman–Crippen LogP) is 4.29. The smallest absolute Gasteiger partial charge is 0.251 e. The van der Waals surface area contributed by atoms with Crippen LogP contribution >= 0.6 is 11.3 Å². The van der Waals surface area contributed by atoms with Crippen LogP contribution in [0.2, 0.25) is 0 Å². The van der Waals surface area contributed by atoms with Crippen LogP contribution in [0.4, 0.5) is 5.82 Å². The summed E-state index contributed by atoms with van der Waals surface area (Å²) in [7, 11) is 0. The minimum absolute atomic E-state index is 0.115. The number of hydrogen-bond donors (Lipinski definition) is 2. The van der Waals surface area contributed by atoms with Gasteiger partial charge in [-0.15, -0.1) is 11.3 Å². The van der Waals surface area contributed by atoms with Gasteiger partial charge in [-0.2, -0.15) is 0 Å². The van der Waals surface area contributed by atoms with Crippen LogP contribution in [0.15, 0.2) is 36.5 Å². The van der Waals surface area contributed by atoms with Crippen molar-refractivity contribution < 1.29 is 4.79 Å². The van der Waals surface area contributed by atoms with Crippen LogP contribution in [0.25, 0.3) is 20.5 Å². The molecule has 4 rings (SSSR count). The van der Waals surface area contributed by atoms with Crippen LogP contribution in [0.3, 0.4) is 0 Å². The molecule has 1 aliphatic heterocycles. The molecule has 6 heteroatoms. The lowest BCUT2D eigenvalue weighted by Crippen LogP contribution is -2.40. The van der Waals surface area contributed by atoms with Crippen LogP contribution in [-0.2, 0) is 5.41 Å². The van der Waals surface area contributed by atoms with Gasteiger partial charge in [0.2, 0.25) is 0 Å². The lowest BCUT2D eigenvalue weighted by Gasteiger charge is -2.31. The second kappa shape index (κ2) is 7.43. The Labute approximate surface area is 175 Å². The highest BCUT2D eigenvalue weighted by atomic mass is 32.1. The fourth-order valence-corrected chi connectivity index (χ4v) is 5.00. The van der Waals surface area contributed by atoms with E-state index in [9.17, 15) is 4.79 Å². The number of rotatable bonds is 3. The van der Waals surface area contributed by atoms with Crippen molar-refractivity contribution in [2.24, 2.45) is 11.5 Å². The molecule has 3 heterocycles. The second-order valence-electron chi connectivity index (χ2n) is 8.87. The molecule has 0 radical (unpaired) electrons. The lowest BCUT2D eigenvalue weighted by molar-refractivity contribution is 0.100. The molecule has 0 atom stereocenters. The minimum atomic E-state index is -0.439. The van der Waals surface area contributed by atoms with Gasteiger partial charge in [0.15, 0.2) is 0 Å². The van der Waals surface area contributed by atoms with E-state index in [-0.39, 0.29) is 11.5 Å². The normalized spacial score (nSPS) is 15.8. The standard InChI is InChI=1S/C23H28N4OS/c1-23(2,3)15-6-4-14(5-7-15)19-12-17-20(29-19)18(21(25)28)13-26-22(17)27-10-8-16(24)9-11-27/h4-7,12-13,16H,8-11,24H2,1-3H3,(H2,25,28). The van der Waals surface area contributed by atoms with E-state index in [0.29, 0.717) is 5.56 Å². The van der Waals surface area contributed by atoms with E-state index in [2.05, 4.69) is 61.0 Å². The first-order chi connectivity index (χ1) is 13.7. The van der Waals surface area contributed by atoms with Crippen molar-refractivity contribution >= 4 is 33.1 Å². The zero-order chi connectivity index (χ0) is 20.8. The highest BCUT2D eigenvalue weighted by Gasteiger charge is 2.23. The van der Waals surface area contributed by atoms with Crippen LogP contribution in [-0.4, -0.2) is 30.0 Å². The van der Waals surface area contributed by atoms with Crippen LogP contribution in [0.1, 0.15) is 49.5 Å². The summed E-state index contributed by atoms with van der Waals surface area (Å²) in [6.07, 6.45) is 3.52. The summed E-state index contributed by atoms with van der Waals surface area (Å²) in [6, 6.07) is 11.1. The van der Waals surface area contributed by atoms with E-state index in [0.717, 1.165) is 52.3 Å². The quantitative estimate of drug-likeness (QED) is 0.677. The third-order valence-electron chi connectivity index (χ3n) is 5.67. The van der Waals surface area contributed by atoms with Gasteiger partial charge >= 0.3 is 0 Å². The maximum atomic E-state index is 12.0. The predicted molar refractivity (Wildman–Crippen MR) is 122 cm³/mol. The molecule has 0 unspecified atom stereocenters. The van der Waals surface area contributed by atoms with Crippen LogP contribution < -0.4 is 16.4 Å². The van der Waals surface area contributed by atoms with E-state index in [1.54, 1.807) is 17.5 Å². The monoisotopic (exact) mass is 408 g/mol. The van der Waals surface area contributed by atoms with Gasteiger partial charge in [0.1, 0.15) is 5.82 Å². The van der Waals surface area contributed by atoms with E-state index < -0.39 is 5.91 Å². The molecule has 29 heavy (non-hydrogen) atoms. The van der Waals surface area contributed by atoms with Crippen molar-refractivity contribution in [1.29, 1.82) is 0 Å². The zero-order valence-corrected chi connectivity index (χ0v) is 18.1. The number of hydrogen-bond acceptors (Lipinski definition) is 5. The average molecular weight is 409 g/mol. The molecular weight excluding hydrogens is 380 g/mol. The molecule has 5 nitrogen and oxygen atoms in total. The molecule has 3 aromatic rings. The number of fused-ring (bicyclic) bond motifs is 1. The first-order valence-corrected chi connectivity index (χ1v) is 10.9. The molecule has 1 aromatic carbocycles. The molecule has 0 spiro atoms.